The third kappa shape index (κ3) is 5.02. The van der Waals surface area contributed by atoms with Crippen LogP contribution >= 0.6 is 11.6 Å². The minimum absolute atomic E-state index is 0.0283. The lowest BCUT2D eigenvalue weighted by molar-refractivity contribution is -0.143. The Balaban J connectivity index is 1.73. The van der Waals surface area contributed by atoms with Gasteiger partial charge in [-0.2, -0.15) is 18.3 Å². The summed E-state index contributed by atoms with van der Waals surface area (Å²) >= 11 is 5.72. The molecule has 1 aromatic carbocycles. The molecule has 6 nitrogen and oxygen atoms in total. The molecule has 0 radical (unpaired) electrons. The number of ether oxygens (including phenoxy) is 1. The number of hydrogen-bond acceptors (Lipinski definition) is 4. The number of rotatable bonds is 5. The van der Waals surface area contributed by atoms with Gasteiger partial charge in [-0.1, -0.05) is 35.9 Å². The van der Waals surface area contributed by atoms with Gasteiger partial charge in [0.05, 0.1) is 6.20 Å². The summed E-state index contributed by atoms with van der Waals surface area (Å²) < 4.78 is 59.4. The predicted molar refractivity (Wildman–Crippen MR) is 95.5 cm³/mol. The summed E-state index contributed by atoms with van der Waals surface area (Å²) in [5.41, 5.74) is -0.972. The number of alkyl halides is 3. The molecule has 0 saturated heterocycles. The molecule has 2 heterocycles. The number of hydrogen-bond donors (Lipinski definition) is 1. The van der Waals surface area contributed by atoms with Crippen LogP contribution in [0.5, 0.6) is 5.75 Å². The molecule has 1 amide bonds. The second kappa shape index (κ2) is 8.48. The van der Waals surface area contributed by atoms with Crippen LogP contribution in [-0.2, 0) is 12.6 Å². The fourth-order valence-corrected chi connectivity index (χ4v) is 2.65. The summed E-state index contributed by atoms with van der Waals surface area (Å²) in [6.07, 6.45) is -5.13. The number of nitrogens with zero attached hydrogens (tertiary/aromatic N) is 3. The van der Waals surface area contributed by atoms with Crippen molar-refractivity contribution >= 4 is 17.7 Å². The normalized spacial score (nSPS) is 11.3. The van der Waals surface area contributed by atoms with E-state index in [1.807, 2.05) is 0 Å². The van der Waals surface area contributed by atoms with E-state index in [0.717, 1.165) is 6.20 Å². The number of benzene rings is 1. The molecule has 0 saturated carbocycles. The van der Waals surface area contributed by atoms with Crippen molar-refractivity contribution < 1.29 is 27.1 Å². The van der Waals surface area contributed by atoms with Crippen molar-refractivity contribution in [2.45, 2.75) is 12.6 Å². The van der Waals surface area contributed by atoms with Gasteiger partial charge in [0.25, 0.3) is 0 Å². The topological polar surface area (TPSA) is 69.0 Å². The van der Waals surface area contributed by atoms with Crippen molar-refractivity contribution in [2.75, 3.05) is 6.54 Å². The van der Waals surface area contributed by atoms with E-state index in [1.54, 1.807) is 6.07 Å². The summed E-state index contributed by atoms with van der Waals surface area (Å²) in [6.45, 7) is -0.0366. The van der Waals surface area contributed by atoms with Crippen molar-refractivity contribution in [1.29, 1.82) is 0 Å². The van der Waals surface area contributed by atoms with Crippen molar-refractivity contribution in [2.24, 2.45) is 0 Å². The second-order valence-electron chi connectivity index (χ2n) is 5.74. The summed E-state index contributed by atoms with van der Waals surface area (Å²) in [5, 5.41) is 5.85. The Labute approximate surface area is 167 Å². The number of amides is 1. The quantitative estimate of drug-likeness (QED) is 0.483. The Morgan fingerprint density at radius 2 is 1.93 bits per heavy atom. The minimum Gasteiger partial charge on any atom is -0.406 e. The van der Waals surface area contributed by atoms with Gasteiger partial charge in [0.15, 0.2) is 17.3 Å². The van der Waals surface area contributed by atoms with Gasteiger partial charge >= 0.3 is 12.3 Å². The lowest BCUT2D eigenvalue weighted by Crippen LogP contribution is -2.29. The molecule has 3 rings (SSSR count). The van der Waals surface area contributed by atoms with E-state index in [0.29, 0.717) is 10.2 Å². The first-order chi connectivity index (χ1) is 13.8. The maximum Gasteiger partial charge on any atom is 0.437 e. The van der Waals surface area contributed by atoms with Gasteiger partial charge in [-0.25, -0.2) is 18.9 Å². The first-order valence-corrected chi connectivity index (χ1v) is 8.61. The van der Waals surface area contributed by atoms with Gasteiger partial charge < -0.3 is 10.1 Å². The number of pyridine rings is 1. The fourth-order valence-electron chi connectivity index (χ4n) is 2.49. The summed E-state index contributed by atoms with van der Waals surface area (Å²) in [5.74, 6) is -1.44. The van der Waals surface area contributed by atoms with Crippen LogP contribution in [0.2, 0.25) is 5.15 Å². The summed E-state index contributed by atoms with van der Waals surface area (Å²) in [7, 11) is 0. The van der Waals surface area contributed by atoms with Crippen LogP contribution in [0.15, 0.2) is 48.7 Å². The van der Waals surface area contributed by atoms with Crippen molar-refractivity contribution in [3.63, 3.8) is 0 Å². The van der Waals surface area contributed by atoms with Crippen LogP contribution in [-0.4, -0.2) is 27.4 Å². The number of nitrogens with one attached hydrogen (secondary N) is 1. The predicted octanol–water partition coefficient (Wildman–Crippen LogP) is 4.41. The molecule has 0 aliphatic carbocycles. The molecule has 0 aliphatic heterocycles. The van der Waals surface area contributed by atoms with Crippen molar-refractivity contribution in [3.05, 3.63) is 70.9 Å². The van der Waals surface area contributed by atoms with Gasteiger partial charge in [-0.3, -0.25) is 0 Å². The zero-order chi connectivity index (χ0) is 21.0. The summed E-state index contributed by atoms with van der Waals surface area (Å²) in [6, 6.07) is 10.0. The highest BCUT2D eigenvalue weighted by Crippen LogP contribution is 2.37. The second-order valence-corrected chi connectivity index (χ2v) is 6.13. The zero-order valence-electron chi connectivity index (χ0n) is 14.6. The molecule has 0 aliphatic rings. The van der Waals surface area contributed by atoms with Gasteiger partial charge in [-0.05, 0) is 30.2 Å². The maximum absolute atomic E-state index is 13.5. The highest BCUT2D eigenvalue weighted by Gasteiger charge is 2.40. The fraction of sp³-hybridized carbons (Fsp3) is 0.167. The number of aromatic nitrogens is 3. The first-order valence-electron chi connectivity index (χ1n) is 8.23. The van der Waals surface area contributed by atoms with Crippen molar-refractivity contribution in [3.8, 4) is 11.6 Å². The van der Waals surface area contributed by atoms with E-state index in [-0.39, 0.29) is 23.9 Å². The van der Waals surface area contributed by atoms with Crippen molar-refractivity contribution in [1.82, 2.24) is 20.1 Å². The SMILES string of the molecule is O=C(NCCc1ccccc1F)Oc1cnn(-c2cccc(Cl)n2)c1C(F)(F)F. The Kier molecular flexibility index (Phi) is 6.02. The molecular weight excluding hydrogens is 416 g/mol. The van der Waals surface area contributed by atoms with Crippen LogP contribution in [0.25, 0.3) is 5.82 Å². The molecule has 152 valence electrons. The lowest BCUT2D eigenvalue weighted by Gasteiger charge is -2.12. The third-order valence-corrected chi connectivity index (χ3v) is 3.96. The standard InChI is InChI=1S/C18H13ClF4N4O2/c19-14-6-3-7-15(26-14)27-16(18(21,22)23)13(10-25-27)29-17(28)24-9-8-11-4-1-2-5-12(11)20/h1-7,10H,8-9H2,(H,24,28). The van der Waals surface area contributed by atoms with Crippen LogP contribution in [0, 0.1) is 5.82 Å². The van der Waals surface area contributed by atoms with E-state index >= 15 is 0 Å². The largest absolute Gasteiger partial charge is 0.437 e. The Bertz CT molecular complexity index is 1020. The van der Waals surface area contributed by atoms with Gasteiger partial charge in [0.1, 0.15) is 11.0 Å². The van der Waals surface area contributed by atoms with Crippen LogP contribution < -0.4 is 10.1 Å². The molecule has 0 unspecified atom stereocenters. The van der Waals surface area contributed by atoms with Gasteiger partial charge in [-0.15, -0.1) is 0 Å². The molecule has 3 aromatic rings. The number of carbonyl (C=O) groups is 1. The maximum atomic E-state index is 13.5. The van der Waals surface area contributed by atoms with E-state index in [2.05, 4.69) is 15.4 Å². The summed E-state index contributed by atoms with van der Waals surface area (Å²) in [4.78, 5) is 15.7. The molecule has 0 atom stereocenters. The molecule has 0 spiro atoms. The molecule has 0 fully saturated rings. The third-order valence-electron chi connectivity index (χ3n) is 3.75. The average Bonchev–Trinajstić information content (AvgIpc) is 3.07. The molecular formula is C18H13ClF4N4O2. The Morgan fingerprint density at radius 1 is 1.17 bits per heavy atom. The number of halogens is 5. The van der Waals surface area contributed by atoms with E-state index in [4.69, 9.17) is 16.3 Å². The van der Waals surface area contributed by atoms with Gasteiger partial charge in [0, 0.05) is 6.54 Å². The molecule has 2 aromatic heterocycles. The molecule has 29 heavy (non-hydrogen) atoms. The van der Waals surface area contributed by atoms with Crippen LogP contribution in [0.3, 0.4) is 0 Å². The highest BCUT2D eigenvalue weighted by molar-refractivity contribution is 6.29. The highest BCUT2D eigenvalue weighted by atomic mass is 35.5. The number of carbonyl (C=O) groups excluding carboxylic acids is 1. The zero-order valence-corrected chi connectivity index (χ0v) is 15.3. The van der Waals surface area contributed by atoms with Crippen LogP contribution in [0.1, 0.15) is 11.3 Å². The van der Waals surface area contributed by atoms with Crippen LogP contribution in [0.4, 0.5) is 22.4 Å². The average molecular weight is 429 g/mol. The molecule has 1 N–H and O–H groups in total. The molecule has 0 bridgehead atoms. The monoisotopic (exact) mass is 428 g/mol. The van der Waals surface area contributed by atoms with E-state index < -0.39 is 29.5 Å². The molecule has 11 heteroatoms. The van der Waals surface area contributed by atoms with E-state index in [9.17, 15) is 22.4 Å². The first kappa shape index (κ1) is 20.6. The van der Waals surface area contributed by atoms with E-state index in [1.165, 1.54) is 36.4 Å². The Hall–Kier alpha value is -3.14. The smallest absolute Gasteiger partial charge is 0.406 e. The lowest BCUT2D eigenvalue weighted by atomic mass is 10.1. The Morgan fingerprint density at radius 3 is 2.62 bits per heavy atom. The van der Waals surface area contributed by atoms with Gasteiger partial charge in [0.2, 0.25) is 0 Å². The minimum atomic E-state index is -4.89.